The van der Waals surface area contributed by atoms with Crippen LogP contribution < -0.4 is 9.64 Å². The average molecular weight is 590 g/mol. The third-order valence-electron chi connectivity index (χ3n) is 6.87. The maximum atomic E-state index is 13.2. The van der Waals surface area contributed by atoms with Gasteiger partial charge in [-0.25, -0.2) is 19.6 Å². The van der Waals surface area contributed by atoms with Gasteiger partial charge in [-0.15, -0.1) is 0 Å². The van der Waals surface area contributed by atoms with Gasteiger partial charge in [0, 0.05) is 23.8 Å². The fraction of sp³-hybridized carbons (Fsp3) is 0.469. The molecule has 11 heteroatoms. The summed E-state index contributed by atoms with van der Waals surface area (Å²) in [6.45, 7) is 12.9. The Labute approximate surface area is 251 Å². The monoisotopic (exact) mass is 589 g/mol. The molecule has 4 heterocycles. The summed E-state index contributed by atoms with van der Waals surface area (Å²) in [6.07, 6.45) is 5.20. The van der Waals surface area contributed by atoms with E-state index < -0.39 is 23.4 Å². The van der Waals surface area contributed by atoms with Crippen LogP contribution in [0.15, 0.2) is 49.1 Å². The topological polar surface area (TPSA) is 118 Å². The van der Waals surface area contributed by atoms with Gasteiger partial charge in [0.2, 0.25) is 0 Å². The van der Waals surface area contributed by atoms with Crippen LogP contribution in [0.5, 0.6) is 5.75 Å². The zero-order valence-electron chi connectivity index (χ0n) is 25.8. The summed E-state index contributed by atoms with van der Waals surface area (Å²) in [5, 5.41) is 1.62. The van der Waals surface area contributed by atoms with Crippen LogP contribution >= 0.6 is 0 Å². The number of nitrogens with zero attached hydrogens (tertiary/aromatic N) is 5. The van der Waals surface area contributed by atoms with Crippen molar-refractivity contribution in [3.8, 4) is 5.75 Å². The highest BCUT2D eigenvalue weighted by molar-refractivity contribution is 6.13. The fourth-order valence-corrected chi connectivity index (χ4v) is 5.02. The maximum Gasteiger partial charge on any atom is 0.425 e. The molecule has 1 aromatic carbocycles. The molecule has 1 fully saturated rings. The van der Waals surface area contributed by atoms with Gasteiger partial charge in [-0.2, -0.15) is 4.90 Å². The Morgan fingerprint density at radius 1 is 0.953 bits per heavy atom. The summed E-state index contributed by atoms with van der Waals surface area (Å²) >= 11 is 0. The lowest BCUT2D eigenvalue weighted by Crippen LogP contribution is -2.44. The minimum absolute atomic E-state index is 0.0706. The average Bonchev–Trinajstić information content (AvgIpc) is 3.57. The van der Waals surface area contributed by atoms with Gasteiger partial charge in [-0.3, -0.25) is 4.98 Å². The molecular weight excluding hydrogens is 550 g/mol. The van der Waals surface area contributed by atoms with Crippen LogP contribution in [-0.2, 0) is 20.6 Å². The third-order valence-corrected chi connectivity index (χ3v) is 6.87. The molecule has 1 aliphatic rings. The molecule has 2 atom stereocenters. The van der Waals surface area contributed by atoms with Crippen LogP contribution in [-0.4, -0.2) is 55.6 Å². The first-order chi connectivity index (χ1) is 20.3. The van der Waals surface area contributed by atoms with Gasteiger partial charge >= 0.3 is 12.2 Å². The lowest BCUT2D eigenvalue weighted by atomic mass is 10.1. The van der Waals surface area contributed by atoms with Crippen molar-refractivity contribution < 1.29 is 28.5 Å². The van der Waals surface area contributed by atoms with E-state index in [-0.39, 0.29) is 18.1 Å². The first kappa shape index (κ1) is 30.2. The van der Waals surface area contributed by atoms with Crippen molar-refractivity contribution in [2.24, 2.45) is 0 Å². The smallest absolute Gasteiger partial charge is 0.425 e. The third kappa shape index (κ3) is 6.88. The summed E-state index contributed by atoms with van der Waals surface area (Å²) in [7, 11) is 0. The number of pyridine rings is 1. The van der Waals surface area contributed by atoms with E-state index in [0.29, 0.717) is 17.6 Å². The van der Waals surface area contributed by atoms with Crippen molar-refractivity contribution in [2.45, 2.75) is 91.3 Å². The van der Waals surface area contributed by atoms with E-state index >= 15 is 0 Å². The van der Waals surface area contributed by atoms with Crippen LogP contribution in [0.3, 0.4) is 0 Å². The number of amides is 2. The predicted octanol–water partition coefficient (Wildman–Crippen LogP) is 6.98. The first-order valence-corrected chi connectivity index (χ1v) is 14.6. The second-order valence-corrected chi connectivity index (χ2v) is 12.6. The Balaban J connectivity index is 1.33. The molecule has 3 aromatic heterocycles. The molecule has 228 valence electrons. The van der Waals surface area contributed by atoms with Crippen molar-refractivity contribution in [1.29, 1.82) is 0 Å². The number of hydrogen-bond donors (Lipinski definition) is 0. The molecular formula is C32H39N5O6. The lowest BCUT2D eigenvalue weighted by Gasteiger charge is -2.28. The summed E-state index contributed by atoms with van der Waals surface area (Å²) < 4.78 is 25.4. The molecule has 1 saturated heterocycles. The summed E-state index contributed by atoms with van der Waals surface area (Å²) in [5.74, 6) is 0.815. The SMILES string of the molecule is CCc1ccnc2cc(OCC3CCC(n4ccc5c(N(C(=O)OC(C)(C)C)C(=O)OC(C)(C)C)ncnc54)O3)ccc12. The number of aromatic nitrogens is 4. The zero-order valence-corrected chi connectivity index (χ0v) is 25.8. The Morgan fingerprint density at radius 2 is 1.67 bits per heavy atom. The van der Waals surface area contributed by atoms with Gasteiger partial charge < -0.3 is 23.5 Å². The normalized spacial score (nSPS) is 17.3. The van der Waals surface area contributed by atoms with Crippen molar-refractivity contribution in [3.05, 3.63) is 54.6 Å². The highest BCUT2D eigenvalue weighted by atomic mass is 16.6. The summed E-state index contributed by atoms with van der Waals surface area (Å²) in [5.41, 5.74) is 0.992. The van der Waals surface area contributed by atoms with E-state index in [1.165, 1.54) is 11.9 Å². The molecule has 0 radical (unpaired) electrons. The Bertz CT molecular complexity index is 1610. The van der Waals surface area contributed by atoms with Crippen molar-refractivity contribution in [1.82, 2.24) is 19.5 Å². The van der Waals surface area contributed by atoms with Crippen LogP contribution in [0.1, 0.15) is 73.1 Å². The van der Waals surface area contributed by atoms with Crippen molar-refractivity contribution in [3.63, 3.8) is 0 Å². The number of ether oxygens (including phenoxy) is 4. The predicted molar refractivity (Wildman–Crippen MR) is 162 cm³/mol. The molecule has 0 saturated carbocycles. The van der Waals surface area contributed by atoms with Gasteiger partial charge in [0.25, 0.3) is 0 Å². The van der Waals surface area contributed by atoms with E-state index in [0.717, 1.165) is 40.8 Å². The largest absolute Gasteiger partial charge is 0.491 e. The number of benzene rings is 1. The number of rotatable bonds is 6. The number of aryl methyl sites for hydroxylation is 1. The van der Waals surface area contributed by atoms with Crippen molar-refractivity contribution >= 4 is 39.9 Å². The number of fused-ring (bicyclic) bond motifs is 2. The maximum absolute atomic E-state index is 13.2. The van der Waals surface area contributed by atoms with Crippen LogP contribution in [0, 0.1) is 0 Å². The van der Waals surface area contributed by atoms with E-state index in [9.17, 15) is 9.59 Å². The Morgan fingerprint density at radius 3 is 2.35 bits per heavy atom. The minimum Gasteiger partial charge on any atom is -0.491 e. The second-order valence-electron chi connectivity index (χ2n) is 12.6. The molecule has 4 aromatic rings. The molecule has 5 rings (SSSR count). The molecule has 0 N–H and O–H groups in total. The van der Waals surface area contributed by atoms with Gasteiger partial charge in [-0.05, 0) is 90.6 Å². The van der Waals surface area contributed by atoms with Gasteiger partial charge in [0.1, 0.15) is 41.8 Å². The molecule has 0 spiro atoms. The van der Waals surface area contributed by atoms with Crippen LogP contribution in [0.25, 0.3) is 21.9 Å². The molecule has 2 amide bonds. The minimum atomic E-state index is -0.890. The van der Waals surface area contributed by atoms with E-state index in [1.54, 1.807) is 47.6 Å². The van der Waals surface area contributed by atoms with E-state index in [2.05, 4.69) is 27.9 Å². The number of hydrogen-bond acceptors (Lipinski definition) is 9. The first-order valence-electron chi connectivity index (χ1n) is 14.6. The highest BCUT2D eigenvalue weighted by Gasteiger charge is 2.36. The fourth-order valence-electron chi connectivity index (χ4n) is 5.02. The molecule has 11 nitrogen and oxygen atoms in total. The summed E-state index contributed by atoms with van der Waals surface area (Å²) in [6, 6.07) is 9.78. The lowest BCUT2D eigenvalue weighted by molar-refractivity contribution is -0.0156. The quantitative estimate of drug-likeness (QED) is 0.235. The number of carbonyl (C=O) groups excluding carboxylic acids is 2. The molecule has 0 bridgehead atoms. The molecule has 1 aliphatic heterocycles. The standard InChI is InChI=1S/C32H39N5O6/c1-8-20-13-15-33-25-17-21(9-11-23(20)25)40-18-22-10-12-26(41-22)36-16-14-24-27(36)34-19-35-28(24)37(29(38)42-31(2,3)4)30(39)43-32(5,6)7/h9,11,13-17,19,22,26H,8,10,12,18H2,1-7H3. The van der Waals surface area contributed by atoms with E-state index in [4.69, 9.17) is 18.9 Å². The van der Waals surface area contributed by atoms with Gasteiger partial charge in [0.05, 0.1) is 17.0 Å². The van der Waals surface area contributed by atoms with E-state index in [1.807, 2.05) is 35.2 Å². The zero-order chi connectivity index (χ0) is 30.9. The van der Waals surface area contributed by atoms with Crippen LogP contribution in [0.4, 0.5) is 15.4 Å². The Hall–Kier alpha value is -4.25. The molecule has 43 heavy (non-hydrogen) atoms. The molecule has 2 unspecified atom stereocenters. The summed E-state index contributed by atoms with van der Waals surface area (Å²) in [4.78, 5) is 40.5. The van der Waals surface area contributed by atoms with Gasteiger partial charge in [-0.1, -0.05) is 6.92 Å². The van der Waals surface area contributed by atoms with Gasteiger partial charge in [0.15, 0.2) is 5.82 Å². The van der Waals surface area contributed by atoms with Crippen molar-refractivity contribution in [2.75, 3.05) is 11.5 Å². The molecule has 0 aliphatic carbocycles. The Kier molecular flexibility index (Phi) is 8.29. The number of carbonyl (C=O) groups is 2. The van der Waals surface area contributed by atoms with Crippen LogP contribution in [0.2, 0.25) is 0 Å². The highest BCUT2D eigenvalue weighted by Crippen LogP contribution is 2.34. The number of anilines is 1. The second kappa shape index (κ2) is 11.8. The number of imide groups is 1.